The molecule has 0 radical (unpaired) electrons. The summed E-state index contributed by atoms with van der Waals surface area (Å²) >= 11 is 1.85. The predicted octanol–water partition coefficient (Wildman–Crippen LogP) is 0.736. The van der Waals surface area contributed by atoms with Crippen molar-refractivity contribution < 1.29 is 9.90 Å². The summed E-state index contributed by atoms with van der Waals surface area (Å²) in [6.07, 6.45) is 3.71. The highest BCUT2D eigenvalue weighted by molar-refractivity contribution is 7.99. The van der Waals surface area contributed by atoms with Crippen LogP contribution in [-0.2, 0) is 4.79 Å². The minimum Gasteiger partial charge on any atom is -0.396 e. The minimum absolute atomic E-state index is 0.270. The summed E-state index contributed by atoms with van der Waals surface area (Å²) in [6.45, 7) is 2.11. The molecule has 0 aromatic rings. The molecule has 0 heterocycles. The van der Waals surface area contributed by atoms with Gasteiger partial charge in [-0.3, -0.25) is 4.79 Å². The van der Waals surface area contributed by atoms with E-state index in [9.17, 15) is 4.79 Å². The number of hydrogen-bond acceptors (Lipinski definition) is 4. The number of thioether (sulfide) groups is 1. The lowest BCUT2D eigenvalue weighted by Gasteiger charge is -2.25. The van der Waals surface area contributed by atoms with E-state index in [1.165, 1.54) is 0 Å². The van der Waals surface area contributed by atoms with Gasteiger partial charge in [-0.05, 0) is 44.7 Å². The maximum absolute atomic E-state index is 11.2. The van der Waals surface area contributed by atoms with E-state index in [1.807, 2.05) is 18.7 Å². The summed E-state index contributed by atoms with van der Waals surface area (Å²) in [4.78, 5) is 11.2. The quantitative estimate of drug-likeness (QED) is 0.498. The zero-order chi connectivity index (χ0) is 12.4. The van der Waals surface area contributed by atoms with Crippen LogP contribution < -0.4 is 11.1 Å². The number of nitrogens with two attached hydrogens (primary N) is 1. The highest BCUT2D eigenvalue weighted by Crippen LogP contribution is 2.15. The van der Waals surface area contributed by atoms with Gasteiger partial charge in [0.05, 0.1) is 5.54 Å². The molecule has 0 saturated heterocycles. The maximum atomic E-state index is 11.2. The van der Waals surface area contributed by atoms with Crippen LogP contribution in [0.15, 0.2) is 0 Å². The van der Waals surface area contributed by atoms with Crippen molar-refractivity contribution in [2.45, 2.75) is 38.1 Å². The molecule has 0 aromatic heterocycles. The summed E-state index contributed by atoms with van der Waals surface area (Å²) < 4.78 is 0. The van der Waals surface area contributed by atoms with Gasteiger partial charge in [0, 0.05) is 6.61 Å². The first-order valence-corrected chi connectivity index (χ1v) is 6.89. The van der Waals surface area contributed by atoms with Gasteiger partial charge in [-0.2, -0.15) is 11.8 Å². The second kappa shape index (κ2) is 8.84. The third kappa shape index (κ3) is 6.35. The molecule has 1 atom stereocenters. The molecular weight excluding hydrogens is 224 g/mol. The molecule has 0 aliphatic rings. The van der Waals surface area contributed by atoms with E-state index in [-0.39, 0.29) is 12.5 Å². The number of primary amides is 1. The van der Waals surface area contributed by atoms with Gasteiger partial charge in [-0.1, -0.05) is 6.42 Å². The SMILES string of the molecule is CNC(C)(CCCCSCCCO)C(N)=O. The van der Waals surface area contributed by atoms with Crippen LogP contribution >= 0.6 is 11.8 Å². The highest BCUT2D eigenvalue weighted by Gasteiger charge is 2.27. The first-order chi connectivity index (χ1) is 7.56. The smallest absolute Gasteiger partial charge is 0.237 e. The van der Waals surface area contributed by atoms with Crippen LogP contribution in [0.25, 0.3) is 0 Å². The molecule has 5 heteroatoms. The number of amides is 1. The molecule has 0 rings (SSSR count). The van der Waals surface area contributed by atoms with Gasteiger partial charge in [-0.25, -0.2) is 0 Å². The van der Waals surface area contributed by atoms with Crippen molar-refractivity contribution in [1.29, 1.82) is 0 Å². The van der Waals surface area contributed by atoms with Crippen LogP contribution in [0.4, 0.5) is 0 Å². The van der Waals surface area contributed by atoms with Crippen LogP contribution in [0.3, 0.4) is 0 Å². The first-order valence-electron chi connectivity index (χ1n) is 5.74. The van der Waals surface area contributed by atoms with E-state index in [0.717, 1.165) is 37.2 Å². The van der Waals surface area contributed by atoms with E-state index in [0.29, 0.717) is 0 Å². The lowest BCUT2D eigenvalue weighted by molar-refractivity contribution is -0.123. The van der Waals surface area contributed by atoms with Gasteiger partial charge in [0.1, 0.15) is 0 Å². The highest BCUT2D eigenvalue weighted by atomic mass is 32.2. The lowest BCUT2D eigenvalue weighted by Crippen LogP contribution is -2.51. The number of nitrogens with one attached hydrogen (secondary N) is 1. The molecular formula is C11H24N2O2S. The Morgan fingerprint density at radius 2 is 2.00 bits per heavy atom. The summed E-state index contributed by atoms with van der Waals surface area (Å²) in [5.74, 6) is 1.80. The van der Waals surface area contributed by atoms with Gasteiger partial charge < -0.3 is 16.2 Å². The summed E-state index contributed by atoms with van der Waals surface area (Å²) in [5.41, 5.74) is 4.75. The largest absolute Gasteiger partial charge is 0.396 e. The number of carbonyl (C=O) groups is 1. The van der Waals surface area contributed by atoms with Crippen LogP contribution in [0, 0.1) is 0 Å². The third-order valence-electron chi connectivity index (χ3n) is 2.76. The summed E-state index contributed by atoms with van der Waals surface area (Å²) in [6, 6.07) is 0. The van der Waals surface area contributed by atoms with Gasteiger partial charge >= 0.3 is 0 Å². The molecule has 4 nitrogen and oxygen atoms in total. The number of hydrogen-bond donors (Lipinski definition) is 3. The zero-order valence-electron chi connectivity index (χ0n) is 10.3. The molecule has 0 aromatic carbocycles. The molecule has 1 amide bonds. The van der Waals surface area contributed by atoms with Crippen molar-refractivity contribution in [3.05, 3.63) is 0 Å². The molecule has 0 saturated carbocycles. The average Bonchev–Trinajstić information content (AvgIpc) is 2.27. The molecule has 0 aliphatic heterocycles. The second-order valence-corrected chi connectivity index (χ2v) is 5.32. The Balaban J connectivity index is 3.53. The monoisotopic (exact) mass is 248 g/mol. The maximum Gasteiger partial charge on any atom is 0.237 e. The Hall–Kier alpha value is -0.260. The van der Waals surface area contributed by atoms with Gasteiger partial charge in [0.15, 0.2) is 0 Å². The second-order valence-electron chi connectivity index (χ2n) is 4.09. The standard InChI is InChI=1S/C11H24N2O2S/c1-11(13-2,10(12)15)6-3-4-8-16-9-5-7-14/h13-14H,3-9H2,1-2H3,(H2,12,15). The number of likely N-dealkylation sites (N-methyl/N-ethyl adjacent to an activating group) is 1. The molecule has 0 aliphatic carbocycles. The molecule has 96 valence electrons. The van der Waals surface area contributed by atoms with Crippen molar-refractivity contribution in [1.82, 2.24) is 5.32 Å². The van der Waals surface area contributed by atoms with Crippen molar-refractivity contribution in [3.8, 4) is 0 Å². The Morgan fingerprint density at radius 1 is 1.38 bits per heavy atom. The van der Waals surface area contributed by atoms with Gasteiger partial charge in [0.25, 0.3) is 0 Å². The van der Waals surface area contributed by atoms with Crippen LogP contribution in [-0.4, -0.2) is 41.7 Å². The van der Waals surface area contributed by atoms with Crippen molar-refractivity contribution in [2.75, 3.05) is 25.2 Å². The third-order valence-corrected chi connectivity index (χ3v) is 3.91. The van der Waals surface area contributed by atoms with E-state index >= 15 is 0 Å². The molecule has 0 fully saturated rings. The van der Waals surface area contributed by atoms with E-state index in [2.05, 4.69) is 5.32 Å². The Kier molecular flexibility index (Phi) is 8.70. The topological polar surface area (TPSA) is 75.3 Å². The molecule has 16 heavy (non-hydrogen) atoms. The fourth-order valence-electron chi connectivity index (χ4n) is 1.32. The number of aliphatic hydroxyl groups excluding tert-OH is 1. The predicted molar refractivity (Wildman–Crippen MR) is 69.5 cm³/mol. The Bertz CT molecular complexity index is 202. The summed E-state index contributed by atoms with van der Waals surface area (Å²) in [7, 11) is 1.76. The number of rotatable bonds is 10. The normalized spacial score (nSPS) is 14.7. The van der Waals surface area contributed by atoms with E-state index < -0.39 is 5.54 Å². The van der Waals surface area contributed by atoms with Crippen LogP contribution in [0.2, 0.25) is 0 Å². The fraction of sp³-hybridized carbons (Fsp3) is 0.909. The Labute approximate surface area is 102 Å². The van der Waals surface area contributed by atoms with Crippen LogP contribution in [0.5, 0.6) is 0 Å². The van der Waals surface area contributed by atoms with Crippen LogP contribution in [0.1, 0.15) is 32.6 Å². The minimum atomic E-state index is -0.574. The molecule has 4 N–H and O–H groups in total. The zero-order valence-corrected chi connectivity index (χ0v) is 11.1. The molecule has 0 spiro atoms. The number of unbranched alkanes of at least 4 members (excludes halogenated alkanes) is 1. The van der Waals surface area contributed by atoms with Crippen molar-refractivity contribution >= 4 is 17.7 Å². The van der Waals surface area contributed by atoms with Gasteiger partial charge in [0.2, 0.25) is 5.91 Å². The number of aliphatic hydroxyl groups is 1. The Morgan fingerprint density at radius 3 is 2.50 bits per heavy atom. The average molecular weight is 248 g/mol. The van der Waals surface area contributed by atoms with Crippen molar-refractivity contribution in [3.63, 3.8) is 0 Å². The first kappa shape index (κ1) is 15.7. The lowest BCUT2D eigenvalue weighted by atomic mass is 9.94. The van der Waals surface area contributed by atoms with E-state index in [4.69, 9.17) is 10.8 Å². The molecule has 0 bridgehead atoms. The number of carbonyl (C=O) groups excluding carboxylic acids is 1. The van der Waals surface area contributed by atoms with Gasteiger partial charge in [-0.15, -0.1) is 0 Å². The molecule has 1 unspecified atom stereocenters. The van der Waals surface area contributed by atoms with Crippen molar-refractivity contribution in [2.24, 2.45) is 5.73 Å². The van der Waals surface area contributed by atoms with E-state index in [1.54, 1.807) is 7.05 Å². The summed E-state index contributed by atoms with van der Waals surface area (Å²) in [5, 5.41) is 11.6. The fourth-order valence-corrected chi connectivity index (χ4v) is 2.27.